The second kappa shape index (κ2) is 8.91. The Morgan fingerprint density at radius 3 is 2.50 bits per heavy atom. The van der Waals surface area contributed by atoms with Gasteiger partial charge in [0, 0.05) is 37.6 Å². The highest BCUT2D eigenvalue weighted by Crippen LogP contribution is 2.32. The molecule has 0 saturated carbocycles. The first-order chi connectivity index (χ1) is 16.3. The van der Waals surface area contributed by atoms with Crippen molar-refractivity contribution in [2.24, 2.45) is 0 Å². The van der Waals surface area contributed by atoms with E-state index in [1.165, 1.54) is 0 Å². The molecule has 0 amide bonds. The van der Waals surface area contributed by atoms with Crippen LogP contribution < -0.4 is 15.1 Å². The number of aliphatic hydroxyl groups excluding tert-OH is 2. The number of hydrogen-bond acceptors (Lipinski definition) is 9. The first-order valence-corrected chi connectivity index (χ1v) is 11.4. The number of anilines is 4. The first-order valence-electron chi connectivity index (χ1n) is 11.4. The van der Waals surface area contributed by atoms with Gasteiger partial charge in [0.05, 0.1) is 30.1 Å². The summed E-state index contributed by atoms with van der Waals surface area (Å²) in [6.45, 7) is 4.78. The molecule has 0 bridgehead atoms. The lowest BCUT2D eigenvalue weighted by Crippen LogP contribution is -2.45. The van der Waals surface area contributed by atoms with E-state index in [0.717, 1.165) is 10.9 Å². The van der Waals surface area contributed by atoms with E-state index in [9.17, 15) is 19.0 Å². The molecule has 0 aliphatic carbocycles. The Morgan fingerprint density at radius 2 is 1.79 bits per heavy atom. The quantitative estimate of drug-likeness (QED) is 0.510. The Hall–Kier alpha value is -3.12. The summed E-state index contributed by atoms with van der Waals surface area (Å²) < 4.78 is 29.7. The van der Waals surface area contributed by atoms with Gasteiger partial charge in [-0.1, -0.05) is 0 Å². The zero-order valence-corrected chi connectivity index (χ0v) is 19.0. The molecule has 2 aliphatic heterocycles. The number of pyridine rings is 1. The Labute approximate surface area is 195 Å². The second-order valence-electron chi connectivity index (χ2n) is 9.12. The van der Waals surface area contributed by atoms with Crippen LogP contribution in [-0.4, -0.2) is 85.7 Å². The smallest absolute Gasteiger partial charge is 0.227 e. The summed E-state index contributed by atoms with van der Waals surface area (Å²) in [4.78, 5) is 16.7. The molecule has 0 radical (unpaired) electrons. The molecule has 3 N–H and O–H groups in total. The van der Waals surface area contributed by atoms with Crippen LogP contribution in [0.2, 0.25) is 0 Å². The van der Waals surface area contributed by atoms with Crippen LogP contribution in [0.5, 0.6) is 0 Å². The van der Waals surface area contributed by atoms with Crippen molar-refractivity contribution in [3.63, 3.8) is 0 Å². The number of rotatable bonds is 5. The van der Waals surface area contributed by atoms with Gasteiger partial charge in [-0.15, -0.1) is 0 Å². The summed E-state index contributed by atoms with van der Waals surface area (Å²) in [5.74, 6) is 2.01. The lowest BCUT2D eigenvalue weighted by molar-refractivity contribution is 0.0612. The minimum Gasteiger partial charge on any atom is -0.390 e. The number of nitrogens with one attached hydrogen (secondary N) is 1. The highest BCUT2D eigenvalue weighted by molar-refractivity contribution is 5.92. The van der Waals surface area contributed by atoms with Crippen molar-refractivity contribution in [1.29, 1.82) is 0 Å². The number of aliphatic hydroxyl groups is 2. The number of hydrogen-bond donors (Lipinski definition) is 3. The van der Waals surface area contributed by atoms with Crippen LogP contribution >= 0.6 is 0 Å². The van der Waals surface area contributed by atoms with Crippen molar-refractivity contribution >= 4 is 34.3 Å². The molecule has 0 unspecified atom stereocenters. The highest BCUT2D eigenvalue weighted by Gasteiger charge is 2.34. The standard InChI is InChI=1S/C22H28F2N8O2/c1-12(2)32-16-7-20(26-8-13(16)21(29-32)31-10-15(24)18(34)11-31)27-19-3-5-25-22(28-19)30-6-4-17(33)14(23)9-30/h3,5,7-8,12,14-15,17-18,33-34H,4,6,9-11H2,1-2H3,(H,25,26,27,28)/t14-,15-,17+,18-/m0/s1. The topological polar surface area (TPSA) is 115 Å². The molecule has 5 heterocycles. The number of aromatic nitrogens is 5. The summed E-state index contributed by atoms with van der Waals surface area (Å²) in [6, 6.07) is 3.59. The predicted octanol–water partition coefficient (Wildman–Crippen LogP) is 1.97. The molecule has 3 aromatic heterocycles. The first kappa shape index (κ1) is 22.7. The molecule has 0 aromatic carbocycles. The van der Waals surface area contributed by atoms with Gasteiger partial charge in [0.2, 0.25) is 5.95 Å². The van der Waals surface area contributed by atoms with Crippen molar-refractivity contribution in [2.75, 3.05) is 41.3 Å². The van der Waals surface area contributed by atoms with Crippen molar-refractivity contribution in [2.45, 2.75) is 50.9 Å². The average molecular weight is 475 g/mol. The van der Waals surface area contributed by atoms with Gasteiger partial charge in [-0.25, -0.2) is 18.7 Å². The molecule has 0 spiro atoms. The van der Waals surface area contributed by atoms with Crippen LogP contribution in [0.15, 0.2) is 24.5 Å². The molecule has 12 heteroatoms. The van der Waals surface area contributed by atoms with Crippen LogP contribution in [0.3, 0.4) is 0 Å². The fourth-order valence-electron chi connectivity index (χ4n) is 4.41. The normalized spacial score (nSPS) is 25.5. The molecule has 34 heavy (non-hydrogen) atoms. The average Bonchev–Trinajstić information content (AvgIpc) is 3.35. The number of nitrogens with zero attached hydrogens (tertiary/aromatic N) is 7. The van der Waals surface area contributed by atoms with Crippen LogP contribution in [0, 0.1) is 0 Å². The highest BCUT2D eigenvalue weighted by atomic mass is 19.1. The van der Waals surface area contributed by atoms with Crippen LogP contribution in [0.1, 0.15) is 26.3 Å². The van der Waals surface area contributed by atoms with E-state index in [4.69, 9.17) is 0 Å². The number of alkyl halides is 2. The number of piperidine rings is 1. The van der Waals surface area contributed by atoms with Crippen LogP contribution in [0.25, 0.3) is 10.9 Å². The molecule has 3 aromatic rings. The van der Waals surface area contributed by atoms with Gasteiger partial charge in [0.25, 0.3) is 0 Å². The Kier molecular flexibility index (Phi) is 5.94. The lowest BCUT2D eigenvalue weighted by atomic mass is 10.1. The second-order valence-corrected chi connectivity index (χ2v) is 9.12. The summed E-state index contributed by atoms with van der Waals surface area (Å²) in [6.07, 6.45) is -1.05. The summed E-state index contributed by atoms with van der Waals surface area (Å²) in [5, 5.41) is 28.1. The van der Waals surface area contributed by atoms with Gasteiger partial charge < -0.3 is 25.3 Å². The zero-order chi connectivity index (χ0) is 24.0. The maximum absolute atomic E-state index is 13.9. The van der Waals surface area contributed by atoms with Crippen LogP contribution in [0.4, 0.5) is 32.2 Å². The molecule has 182 valence electrons. The maximum Gasteiger partial charge on any atom is 0.227 e. The van der Waals surface area contributed by atoms with Gasteiger partial charge in [-0.2, -0.15) is 10.1 Å². The van der Waals surface area contributed by atoms with E-state index in [1.54, 1.807) is 28.3 Å². The third kappa shape index (κ3) is 4.23. The van der Waals surface area contributed by atoms with Gasteiger partial charge in [-0.3, -0.25) is 4.68 Å². The van der Waals surface area contributed by atoms with Gasteiger partial charge in [0.1, 0.15) is 30.1 Å². The zero-order valence-electron chi connectivity index (χ0n) is 19.0. The minimum absolute atomic E-state index is 0.0378. The number of β-amino-alcohol motifs (C(OH)–C–C–N with tert-alkyl or cyclic N) is 1. The molecule has 4 atom stereocenters. The number of fused-ring (bicyclic) bond motifs is 1. The van der Waals surface area contributed by atoms with E-state index in [1.807, 2.05) is 24.6 Å². The Morgan fingerprint density at radius 1 is 1.03 bits per heavy atom. The van der Waals surface area contributed by atoms with E-state index < -0.39 is 24.6 Å². The fourth-order valence-corrected chi connectivity index (χ4v) is 4.41. The third-order valence-electron chi connectivity index (χ3n) is 6.27. The summed E-state index contributed by atoms with van der Waals surface area (Å²) in [7, 11) is 0. The van der Waals surface area contributed by atoms with Crippen molar-refractivity contribution in [1.82, 2.24) is 24.7 Å². The number of halogens is 2. The SMILES string of the molecule is CC(C)n1nc(N2C[C@H](O)[C@@H](F)C2)c2cnc(Nc3ccnc(N4CC[C@@H](O)[C@@H](F)C4)n3)cc21. The predicted molar refractivity (Wildman–Crippen MR) is 124 cm³/mol. The largest absolute Gasteiger partial charge is 0.390 e. The van der Waals surface area contributed by atoms with Crippen LogP contribution in [-0.2, 0) is 0 Å². The van der Waals surface area contributed by atoms with Crippen molar-refractivity contribution < 1.29 is 19.0 Å². The minimum atomic E-state index is -1.34. The van der Waals surface area contributed by atoms with Gasteiger partial charge in [-0.05, 0) is 26.3 Å². The molecule has 2 aliphatic rings. The summed E-state index contributed by atoms with van der Waals surface area (Å²) >= 11 is 0. The summed E-state index contributed by atoms with van der Waals surface area (Å²) in [5.41, 5.74) is 0.818. The Bertz CT molecular complexity index is 1170. The monoisotopic (exact) mass is 474 g/mol. The van der Waals surface area contributed by atoms with E-state index >= 15 is 0 Å². The van der Waals surface area contributed by atoms with E-state index in [0.29, 0.717) is 36.4 Å². The van der Waals surface area contributed by atoms with Crippen molar-refractivity contribution in [3.8, 4) is 0 Å². The molecule has 10 nitrogen and oxygen atoms in total. The molecule has 2 saturated heterocycles. The van der Waals surface area contributed by atoms with E-state index in [-0.39, 0.29) is 25.7 Å². The van der Waals surface area contributed by atoms with E-state index in [2.05, 4.69) is 25.4 Å². The fraction of sp³-hybridized carbons (Fsp3) is 0.545. The van der Waals surface area contributed by atoms with Gasteiger partial charge >= 0.3 is 0 Å². The van der Waals surface area contributed by atoms with Gasteiger partial charge in [0.15, 0.2) is 5.82 Å². The molecule has 2 fully saturated rings. The Balaban J connectivity index is 1.41. The molecule has 5 rings (SSSR count). The molecular weight excluding hydrogens is 446 g/mol. The molecular formula is C22H28F2N8O2. The lowest BCUT2D eigenvalue weighted by Gasteiger charge is -2.32. The van der Waals surface area contributed by atoms with Crippen molar-refractivity contribution in [3.05, 3.63) is 24.5 Å². The third-order valence-corrected chi connectivity index (χ3v) is 6.27. The maximum atomic E-state index is 13.9.